The number of ether oxygens (including phenoxy) is 1. The van der Waals surface area contributed by atoms with Crippen molar-refractivity contribution in [3.63, 3.8) is 0 Å². The number of carbonyl (C=O) groups is 1. The van der Waals surface area contributed by atoms with Crippen molar-refractivity contribution in [2.24, 2.45) is 0 Å². The van der Waals surface area contributed by atoms with Crippen molar-refractivity contribution in [1.82, 2.24) is 10.6 Å². The van der Waals surface area contributed by atoms with Crippen LogP contribution in [0.15, 0.2) is 42.5 Å². The Balaban J connectivity index is 0.00000261. The van der Waals surface area contributed by atoms with Crippen molar-refractivity contribution in [2.45, 2.75) is 25.4 Å². The van der Waals surface area contributed by atoms with Gasteiger partial charge in [-0.15, -0.1) is 12.4 Å². The summed E-state index contributed by atoms with van der Waals surface area (Å²) in [5, 5.41) is 6.59. The molecule has 4 nitrogen and oxygen atoms in total. The molecule has 0 spiro atoms. The first kappa shape index (κ1) is 21.6. The third-order valence-corrected chi connectivity index (χ3v) is 4.75. The van der Waals surface area contributed by atoms with E-state index in [4.69, 9.17) is 16.3 Å². The molecule has 0 aromatic heterocycles. The highest BCUT2D eigenvalue weighted by atomic mass is 35.5. The molecule has 2 aromatic carbocycles. The van der Waals surface area contributed by atoms with Crippen molar-refractivity contribution in [1.29, 1.82) is 0 Å². The highest BCUT2D eigenvalue weighted by Crippen LogP contribution is 2.29. The predicted molar refractivity (Wildman–Crippen MR) is 107 cm³/mol. The minimum absolute atomic E-state index is 0. The zero-order valence-corrected chi connectivity index (χ0v) is 16.6. The zero-order valence-electron chi connectivity index (χ0n) is 15.0. The number of rotatable bonds is 5. The summed E-state index contributed by atoms with van der Waals surface area (Å²) in [5.41, 5.74) is 2.68. The minimum Gasteiger partial charge on any atom is -0.378 e. The fraction of sp³-hybridized carbons (Fsp3) is 0.350. The van der Waals surface area contributed by atoms with Gasteiger partial charge in [0.2, 0.25) is 5.91 Å². The maximum atomic E-state index is 13.4. The Morgan fingerprint density at radius 3 is 2.70 bits per heavy atom. The number of hydrogen-bond acceptors (Lipinski definition) is 3. The molecule has 146 valence electrons. The van der Waals surface area contributed by atoms with E-state index in [0.29, 0.717) is 25.2 Å². The van der Waals surface area contributed by atoms with E-state index in [0.717, 1.165) is 17.7 Å². The van der Waals surface area contributed by atoms with E-state index in [1.54, 1.807) is 6.07 Å². The van der Waals surface area contributed by atoms with Crippen LogP contribution >= 0.6 is 24.0 Å². The number of carbonyl (C=O) groups excluding carboxylic acids is 1. The summed E-state index contributed by atoms with van der Waals surface area (Å²) < 4.78 is 18.8. The Hall–Kier alpha value is -1.66. The molecular weight excluding hydrogens is 390 g/mol. The van der Waals surface area contributed by atoms with E-state index in [1.165, 1.54) is 12.1 Å². The molecule has 1 aliphatic heterocycles. The van der Waals surface area contributed by atoms with Gasteiger partial charge in [-0.3, -0.25) is 4.79 Å². The molecule has 1 heterocycles. The van der Waals surface area contributed by atoms with Crippen LogP contribution in [0.5, 0.6) is 0 Å². The molecule has 1 fully saturated rings. The molecule has 0 aliphatic carbocycles. The van der Waals surface area contributed by atoms with Gasteiger partial charge < -0.3 is 15.4 Å². The standard InChI is InChI=1S/C20H22ClFN2O2.ClH/c1-13-2-4-14(5-3-13)20(17-7-6-15(22)10-18(17)21)24-19(25)11-16-12-26-9-8-23-16;/h2-7,10,16,20,23H,8-9,11-12H2,1H3,(H,24,25);1H. The Bertz CT molecular complexity index is 765. The van der Waals surface area contributed by atoms with Crippen LogP contribution in [0, 0.1) is 12.7 Å². The number of morpholine rings is 1. The van der Waals surface area contributed by atoms with Gasteiger partial charge in [-0.25, -0.2) is 4.39 Å². The van der Waals surface area contributed by atoms with Crippen molar-refractivity contribution in [3.05, 3.63) is 70.0 Å². The Kier molecular flexibility index (Phi) is 8.05. The Morgan fingerprint density at radius 2 is 2.07 bits per heavy atom. The van der Waals surface area contributed by atoms with Crippen LogP contribution in [0.4, 0.5) is 4.39 Å². The number of amides is 1. The van der Waals surface area contributed by atoms with Crippen molar-refractivity contribution in [3.8, 4) is 0 Å². The van der Waals surface area contributed by atoms with Crippen LogP contribution in [0.25, 0.3) is 0 Å². The zero-order chi connectivity index (χ0) is 18.5. The molecule has 0 saturated carbocycles. The quantitative estimate of drug-likeness (QED) is 0.784. The summed E-state index contributed by atoms with van der Waals surface area (Å²) in [4.78, 5) is 12.6. The summed E-state index contributed by atoms with van der Waals surface area (Å²) in [6.07, 6.45) is 0.307. The lowest BCUT2D eigenvalue weighted by Crippen LogP contribution is -2.44. The lowest BCUT2D eigenvalue weighted by molar-refractivity contribution is -0.122. The first-order chi connectivity index (χ1) is 12.5. The summed E-state index contributed by atoms with van der Waals surface area (Å²) >= 11 is 6.26. The van der Waals surface area contributed by atoms with Gasteiger partial charge in [-0.05, 0) is 30.2 Å². The van der Waals surface area contributed by atoms with Crippen LogP contribution in [-0.4, -0.2) is 31.7 Å². The van der Waals surface area contributed by atoms with E-state index in [-0.39, 0.29) is 29.4 Å². The Labute approximate surface area is 169 Å². The van der Waals surface area contributed by atoms with Crippen LogP contribution in [-0.2, 0) is 9.53 Å². The van der Waals surface area contributed by atoms with Gasteiger partial charge in [0.1, 0.15) is 5.82 Å². The van der Waals surface area contributed by atoms with E-state index >= 15 is 0 Å². The lowest BCUT2D eigenvalue weighted by Gasteiger charge is -2.25. The molecule has 1 aliphatic rings. The summed E-state index contributed by atoms with van der Waals surface area (Å²) in [7, 11) is 0. The molecule has 7 heteroatoms. The van der Waals surface area contributed by atoms with Crippen molar-refractivity contribution < 1.29 is 13.9 Å². The van der Waals surface area contributed by atoms with E-state index in [1.807, 2.05) is 31.2 Å². The molecule has 2 unspecified atom stereocenters. The normalized spacial score (nSPS) is 17.7. The van der Waals surface area contributed by atoms with E-state index < -0.39 is 11.9 Å². The maximum absolute atomic E-state index is 13.4. The van der Waals surface area contributed by atoms with E-state index in [9.17, 15) is 9.18 Å². The summed E-state index contributed by atoms with van der Waals surface area (Å²) in [6.45, 7) is 3.91. The second-order valence-corrected chi connectivity index (χ2v) is 6.91. The van der Waals surface area contributed by atoms with Crippen LogP contribution in [0.2, 0.25) is 5.02 Å². The molecule has 2 atom stereocenters. The fourth-order valence-corrected chi connectivity index (χ4v) is 3.31. The first-order valence-corrected chi connectivity index (χ1v) is 9.03. The molecule has 2 aromatic rings. The topological polar surface area (TPSA) is 50.4 Å². The monoisotopic (exact) mass is 412 g/mol. The number of aryl methyl sites for hydroxylation is 1. The largest absolute Gasteiger partial charge is 0.378 e. The molecule has 3 rings (SSSR count). The SMILES string of the molecule is Cc1ccc(C(NC(=O)CC2COCCN2)c2ccc(F)cc2Cl)cc1.Cl. The second kappa shape index (κ2) is 10.0. The average molecular weight is 413 g/mol. The van der Waals surface area contributed by atoms with Gasteiger partial charge in [0.15, 0.2) is 0 Å². The number of halogens is 3. The average Bonchev–Trinajstić information content (AvgIpc) is 2.62. The van der Waals surface area contributed by atoms with Crippen LogP contribution < -0.4 is 10.6 Å². The first-order valence-electron chi connectivity index (χ1n) is 8.65. The molecule has 0 radical (unpaired) electrons. The second-order valence-electron chi connectivity index (χ2n) is 6.51. The van der Waals surface area contributed by atoms with Gasteiger partial charge in [0.05, 0.1) is 19.3 Å². The van der Waals surface area contributed by atoms with Gasteiger partial charge in [-0.2, -0.15) is 0 Å². The van der Waals surface area contributed by atoms with Crippen LogP contribution in [0.3, 0.4) is 0 Å². The molecule has 1 saturated heterocycles. The molecule has 2 N–H and O–H groups in total. The highest BCUT2D eigenvalue weighted by Gasteiger charge is 2.23. The highest BCUT2D eigenvalue weighted by molar-refractivity contribution is 6.31. The third-order valence-electron chi connectivity index (χ3n) is 4.42. The van der Waals surface area contributed by atoms with Gasteiger partial charge in [-0.1, -0.05) is 47.5 Å². The number of hydrogen-bond donors (Lipinski definition) is 2. The Morgan fingerprint density at radius 1 is 1.33 bits per heavy atom. The predicted octanol–water partition coefficient (Wildman–Crippen LogP) is 3.79. The summed E-state index contributed by atoms with van der Waals surface area (Å²) in [5.74, 6) is -0.518. The van der Waals surface area contributed by atoms with Crippen molar-refractivity contribution in [2.75, 3.05) is 19.8 Å². The molecule has 1 amide bonds. The van der Waals surface area contributed by atoms with Gasteiger partial charge in [0, 0.05) is 24.0 Å². The van der Waals surface area contributed by atoms with Gasteiger partial charge >= 0.3 is 0 Å². The maximum Gasteiger partial charge on any atom is 0.222 e. The molecular formula is C20H23Cl2FN2O2. The summed E-state index contributed by atoms with van der Waals surface area (Å²) in [6, 6.07) is 11.6. The number of benzene rings is 2. The molecule has 0 bridgehead atoms. The lowest BCUT2D eigenvalue weighted by atomic mass is 9.97. The fourth-order valence-electron chi connectivity index (χ4n) is 3.03. The van der Waals surface area contributed by atoms with Gasteiger partial charge in [0.25, 0.3) is 0 Å². The van der Waals surface area contributed by atoms with Crippen molar-refractivity contribution >= 4 is 29.9 Å². The number of nitrogens with one attached hydrogen (secondary N) is 2. The van der Waals surface area contributed by atoms with E-state index in [2.05, 4.69) is 10.6 Å². The minimum atomic E-state index is -0.444. The third kappa shape index (κ3) is 5.91. The molecule has 27 heavy (non-hydrogen) atoms. The smallest absolute Gasteiger partial charge is 0.222 e. The van der Waals surface area contributed by atoms with Crippen LogP contribution in [0.1, 0.15) is 29.2 Å².